The van der Waals surface area contributed by atoms with Gasteiger partial charge in [0.2, 0.25) is 5.75 Å². The Balaban J connectivity index is 2.01. The molecular weight excluding hydrogens is 298 g/mol. The summed E-state index contributed by atoms with van der Waals surface area (Å²) in [7, 11) is 4.61. The normalized spacial score (nSPS) is 16.0. The molecule has 1 heterocycles. The molecule has 1 N–H and O–H groups in total. The maximum Gasteiger partial charge on any atom is 0.258 e. The third kappa shape index (κ3) is 2.63. The molecule has 2 aromatic carbocycles. The molecule has 6 nitrogen and oxygen atoms in total. The fourth-order valence-electron chi connectivity index (χ4n) is 2.51. The zero-order valence-electron chi connectivity index (χ0n) is 13.1. The highest BCUT2D eigenvalue weighted by atomic mass is 16.5. The van der Waals surface area contributed by atoms with E-state index in [1.165, 1.54) is 21.3 Å². The minimum atomic E-state index is -0.633. The third-order valence-corrected chi connectivity index (χ3v) is 3.63. The second-order valence-electron chi connectivity index (χ2n) is 4.93. The summed E-state index contributed by atoms with van der Waals surface area (Å²) in [5.41, 5.74) is 1.21. The summed E-state index contributed by atoms with van der Waals surface area (Å²) in [4.78, 5) is 12.2. The van der Waals surface area contributed by atoms with Crippen LogP contribution in [0.25, 0.3) is 0 Å². The van der Waals surface area contributed by atoms with E-state index < -0.39 is 6.23 Å². The maximum atomic E-state index is 12.2. The number of para-hydroxylation sites is 1. The second-order valence-corrected chi connectivity index (χ2v) is 4.93. The summed E-state index contributed by atoms with van der Waals surface area (Å²) >= 11 is 0. The predicted molar refractivity (Wildman–Crippen MR) is 83.4 cm³/mol. The first-order valence-electron chi connectivity index (χ1n) is 7.04. The van der Waals surface area contributed by atoms with Crippen LogP contribution < -0.4 is 24.3 Å². The number of hydrogen-bond acceptors (Lipinski definition) is 5. The molecule has 1 atom stereocenters. The number of carbonyl (C=O) groups is 1. The first-order chi connectivity index (χ1) is 11.2. The van der Waals surface area contributed by atoms with Gasteiger partial charge in [-0.15, -0.1) is 0 Å². The number of benzene rings is 2. The van der Waals surface area contributed by atoms with E-state index in [1.807, 2.05) is 6.07 Å². The van der Waals surface area contributed by atoms with Crippen molar-refractivity contribution in [2.45, 2.75) is 6.23 Å². The Bertz CT molecular complexity index is 719. The van der Waals surface area contributed by atoms with Crippen molar-refractivity contribution in [3.05, 3.63) is 47.5 Å². The first-order valence-corrected chi connectivity index (χ1v) is 7.04. The van der Waals surface area contributed by atoms with Gasteiger partial charge < -0.3 is 24.3 Å². The average Bonchev–Trinajstić information content (AvgIpc) is 2.60. The molecule has 23 heavy (non-hydrogen) atoms. The average molecular weight is 315 g/mol. The highest BCUT2D eigenvalue weighted by Crippen LogP contribution is 2.40. The van der Waals surface area contributed by atoms with Crippen LogP contribution in [0.4, 0.5) is 0 Å². The van der Waals surface area contributed by atoms with E-state index in [9.17, 15) is 4.79 Å². The van der Waals surface area contributed by atoms with Gasteiger partial charge in [-0.2, -0.15) is 0 Å². The van der Waals surface area contributed by atoms with Crippen molar-refractivity contribution in [1.82, 2.24) is 5.32 Å². The van der Waals surface area contributed by atoms with Gasteiger partial charge in [0.15, 0.2) is 17.7 Å². The van der Waals surface area contributed by atoms with E-state index >= 15 is 0 Å². The van der Waals surface area contributed by atoms with E-state index in [1.54, 1.807) is 30.3 Å². The van der Waals surface area contributed by atoms with Crippen molar-refractivity contribution in [3.8, 4) is 23.0 Å². The van der Waals surface area contributed by atoms with E-state index in [2.05, 4.69) is 5.32 Å². The van der Waals surface area contributed by atoms with Crippen LogP contribution in [-0.2, 0) is 0 Å². The van der Waals surface area contributed by atoms with Crippen molar-refractivity contribution >= 4 is 5.91 Å². The lowest BCUT2D eigenvalue weighted by Gasteiger charge is -2.27. The maximum absolute atomic E-state index is 12.2. The molecule has 0 saturated heterocycles. The SMILES string of the molecule is COc1cc([C@H]2NC(=O)c3ccccc3O2)cc(OC)c1OC. The molecule has 3 rings (SSSR count). The quantitative estimate of drug-likeness (QED) is 0.939. The van der Waals surface area contributed by atoms with Crippen molar-refractivity contribution in [2.24, 2.45) is 0 Å². The van der Waals surface area contributed by atoms with Gasteiger partial charge in [-0.25, -0.2) is 0 Å². The van der Waals surface area contributed by atoms with Gasteiger partial charge >= 0.3 is 0 Å². The van der Waals surface area contributed by atoms with Gasteiger partial charge in [-0.1, -0.05) is 12.1 Å². The number of fused-ring (bicyclic) bond motifs is 1. The predicted octanol–water partition coefficient (Wildman–Crippen LogP) is 2.53. The number of amides is 1. The van der Waals surface area contributed by atoms with Crippen LogP contribution in [0.3, 0.4) is 0 Å². The van der Waals surface area contributed by atoms with E-state index in [4.69, 9.17) is 18.9 Å². The first kappa shape index (κ1) is 15.0. The summed E-state index contributed by atoms with van der Waals surface area (Å²) in [6, 6.07) is 10.6. The summed E-state index contributed by atoms with van der Waals surface area (Å²) in [6.07, 6.45) is -0.633. The van der Waals surface area contributed by atoms with Crippen LogP contribution in [0.15, 0.2) is 36.4 Å². The van der Waals surface area contributed by atoms with Crippen LogP contribution in [0, 0.1) is 0 Å². The summed E-state index contributed by atoms with van der Waals surface area (Å²) in [5.74, 6) is 1.83. The number of carbonyl (C=O) groups excluding carboxylic acids is 1. The molecule has 0 unspecified atom stereocenters. The molecule has 0 saturated carbocycles. The van der Waals surface area contributed by atoms with E-state index in [0.717, 1.165) is 0 Å². The molecule has 1 amide bonds. The molecular formula is C17H17NO5. The standard InChI is InChI=1S/C17H17NO5/c1-20-13-8-10(9-14(21-2)15(13)22-3)17-18-16(19)11-6-4-5-7-12(11)23-17/h4-9,17H,1-3H3,(H,18,19)/t17-/m0/s1. The molecule has 0 aliphatic carbocycles. The van der Waals surface area contributed by atoms with Crippen molar-refractivity contribution in [2.75, 3.05) is 21.3 Å². The summed E-state index contributed by atoms with van der Waals surface area (Å²) in [6.45, 7) is 0. The highest BCUT2D eigenvalue weighted by molar-refractivity contribution is 5.98. The Morgan fingerprint density at radius 1 is 1.00 bits per heavy atom. The second kappa shape index (κ2) is 6.08. The molecule has 0 spiro atoms. The number of hydrogen-bond donors (Lipinski definition) is 1. The molecule has 0 radical (unpaired) electrons. The van der Waals surface area contributed by atoms with E-state index in [-0.39, 0.29) is 5.91 Å². The monoisotopic (exact) mass is 315 g/mol. The van der Waals surface area contributed by atoms with Crippen molar-refractivity contribution < 1.29 is 23.7 Å². The number of nitrogens with one attached hydrogen (secondary N) is 1. The fourth-order valence-corrected chi connectivity index (χ4v) is 2.51. The van der Waals surface area contributed by atoms with Gasteiger partial charge in [0.1, 0.15) is 5.75 Å². The fraction of sp³-hybridized carbons (Fsp3) is 0.235. The summed E-state index contributed by atoms with van der Waals surface area (Å²) < 4.78 is 21.8. The van der Waals surface area contributed by atoms with Crippen LogP contribution in [0.1, 0.15) is 22.1 Å². The minimum absolute atomic E-state index is 0.189. The Kier molecular flexibility index (Phi) is 3.97. The van der Waals surface area contributed by atoms with Gasteiger partial charge in [-0.05, 0) is 24.3 Å². The Hall–Kier alpha value is -2.89. The Labute approximate surface area is 133 Å². The molecule has 1 aliphatic rings. The Morgan fingerprint density at radius 3 is 2.26 bits per heavy atom. The summed E-state index contributed by atoms with van der Waals surface area (Å²) in [5, 5.41) is 2.82. The third-order valence-electron chi connectivity index (χ3n) is 3.63. The zero-order valence-corrected chi connectivity index (χ0v) is 13.1. The number of methoxy groups -OCH3 is 3. The number of rotatable bonds is 4. The zero-order chi connectivity index (χ0) is 16.4. The van der Waals surface area contributed by atoms with Gasteiger partial charge in [0, 0.05) is 5.56 Å². The lowest BCUT2D eigenvalue weighted by atomic mass is 10.1. The van der Waals surface area contributed by atoms with Gasteiger partial charge in [-0.3, -0.25) is 4.79 Å². The lowest BCUT2D eigenvalue weighted by Crippen LogP contribution is -2.36. The highest BCUT2D eigenvalue weighted by Gasteiger charge is 2.28. The van der Waals surface area contributed by atoms with Crippen LogP contribution in [0.5, 0.6) is 23.0 Å². The Morgan fingerprint density at radius 2 is 1.65 bits per heavy atom. The topological polar surface area (TPSA) is 66.0 Å². The van der Waals surface area contributed by atoms with E-state index in [0.29, 0.717) is 34.1 Å². The largest absolute Gasteiger partial charge is 0.493 e. The van der Waals surface area contributed by atoms with Crippen LogP contribution >= 0.6 is 0 Å². The number of ether oxygens (including phenoxy) is 4. The van der Waals surface area contributed by atoms with Gasteiger partial charge in [0.05, 0.1) is 26.9 Å². The van der Waals surface area contributed by atoms with Crippen LogP contribution in [0.2, 0.25) is 0 Å². The smallest absolute Gasteiger partial charge is 0.258 e. The molecule has 120 valence electrons. The van der Waals surface area contributed by atoms with Crippen molar-refractivity contribution in [3.63, 3.8) is 0 Å². The van der Waals surface area contributed by atoms with Gasteiger partial charge in [0.25, 0.3) is 5.91 Å². The lowest BCUT2D eigenvalue weighted by molar-refractivity contribution is 0.0755. The molecule has 2 aromatic rings. The minimum Gasteiger partial charge on any atom is -0.493 e. The van der Waals surface area contributed by atoms with Crippen LogP contribution in [-0.4, -0.2) is 27.2 Å². The molecule has 0 bridgehead atoms. The molecule has 1 aliphatic heterocycles. The molecule has 0 aromatic heterocycles. The molecule has 0 fully saturated rings. The molecule has 6 heteroatoms. The van der Waals surface area contributed by atoms with Crippen molar-refractivity contribution in [1.29, 1.82) is 0 Å².